The third kappa shape index (κ3) is 2.35. The van der Waals surface area contributed by atoms with Crippen LogP contribution in [0.4, 0.5) is 0 Å². The molecule has 0 bridgehead atoms. The van der Waals surface area contributed by atoms with Gasteiger partial charge in [0.15, 0.2) is 5.78 Å². The maximum Gasteiger partial charge on any atom is 0.181 e. The number of hydrogen-bond donors (Lipinski definition) is 2. The number of ketones is 1. The molecule has 23 heavy (non-hydrogen) atoms. The summed E-state index contributed by atoms with van der Waals surface area (Å²) in [6.07, 6.45) is 8.29. The number of aliphatic hydroxyl groups is 2. The van der Waals surface area contributed by atoms with E-state index >= 15 is 0 Å². The second-order valence-electron chi connectivity index (χ2n) is 8.75. The van der Waals surface area contributed by atoms with Gasteiger partial charge in [0.25, 0.3) is 0 Å². The molecule has 0 unspecified atom stereocenters. The largest absolute Gasteiger partial charge is 0.395 e. The Bertz CT molecular complexity index is 588. The monoisotopic (exact) mass is 318 g/mol. The summed E-state index contributed by atoms with van der Waals surface area (Å²) in [4.78, 5) is 12.8. The summed E-state index contributed by atoms with van der Waals surface area (Å²) < 4.78 is 0. The van der Waals surface area contributed by atoms with Gasteiger partial charge in [-0.05, 0) is 55.1 Å². The number of aliphatic hydroxyl groups excluding tert-OH is 1. The lowest BCUT2D eigenvalue weighted by atomic mass is 9.49. The van der Waals surface area contributed by atoms with E-state index in [0.717, 1.165) is 36.8 Å². The first-order valence-electron chi connectivity index (χ1n) is 8.99. The highest BCUT2D eigenvalue weighted by Crippen LogP contribution is 2.60. The number of hydrogen-bond acceptors (Lipinski definition) is 3. The van der Waals surface area contributed by atoms with Gasteiger partial charge in [0.05, 0.1) is 12.2 Å². The Kier molecular flexibility index (Phi) is 3.89. The topological polar surface area (TPSA) is 57.5 Å². The molecule has 0 saturated heterocycles. The predicted octanol–water partition coefficient (Wildman–Crippen LogP) is 3.41. The molecule has 128 valence electrons. The van der Waals surface area contributed by atoms with Crippen molar-refractivity contribution in [1.29, 1.82) is 0 Å². The van der Waals surface area contributed by atoms with E-state index < -0.39 is 5.60 Å². The summed E-state index contributed by atoms with van der Waals surface area (Å²) in [5.41, 5.74) is 0.744. The molecule has 3 aliphatic carbocycles. The van der Waals surface area contributed by atoms with Crippen molar-refractivity contribution in [2.45, 2.75) is 65.4 Å². The van der Waals surface area contributed by atoms with Crippen LogP contribution in [0.5, 0.6) is 0 Å². The van der Waals surface area contributed by atoms with Crippen molar-refractivity contribution in [3.8, 4) is 0 Å². The zero-order valence-electron chi connectivity index (χ0n) is 14.9. The van der Waals surface area contributed by atoms with Crippen molar-refractivity contribution in [3.63, 3.8) is 0 Å². The van der Waals surface area contributed by atoms with Gasteiger partial charge in [-0.3, -0.25) is 4.79 Å². The van der Waals surface area contributed by atoms with Crippen LogP contribution in [0.25, 0.3) is 0 Å². The molecule has 0 aromatic heterocycles. The summed E-state index contributed by atoms with van der Waals surface area (Å²) in [6.45, 7) is 8.47. The quantitative estimate of drug-likeness (QED) is 0.820. The number of carbonyl (C=O) groups is 1. The van der Waals surface area contributed by atoms with E-state index in [1.54, 1.807) is 6.08 Å². The van der Waals surface area contributed by atoms with E-state index in [-0.39, 0.29) is 35.1 Å². The van der Waals surface area contributed by atoms with Crippen LogP contribution in [0.1, 0.15) is 59.8 Å². The zero-order valence-corrected chi connectivity index (χ0v) is 14.9. The molecule has 1 fully saturated rings. The molecule has 0 spiro atoms. The number of rotatable bonds is 2. The third-order valence-electron chi connectivity index (χ3n) is 6.98. The molecule has 0 aromatic rings. The molecule has 0 heterocycles. The van der Waals surface area contributed by atoms with Gasteiger partial charge in [-0.1, -0.05) is 39.7 Å². The molecular formula is C20H30O3. The third-order valence-corrected chi connectivity index (χ3v) is 6.98. The highest BCUT2D eigenvalue weighted by atomic mass is 16.3. The van der Waals surface area contributed by atoms with Crippen LogP contribution in [-0.2, 0) is 4.79 Å². The van der Waals surface area contributed by atoms with Crippen LogP contribution in [0.2, 0.25) is 0 Å². The Balaban J connectivity index is 2.11. The van der Waals surface area contributed by atoms with E-state index in [4.69, 9.17) is 0 Å². The summed E-state index contributed by atoms with van der Waals surface area (Å²) in [5, 5.41) is 20.8. The van der Waals surface area contributed by atoms with E-state index in [2.05, 4.69) is 13.8 Å². The Morgan fingerprint density at radius 3 is 2.57 bits per heavy atom. The minimum absolute atomic E-state index is 0.0443. The maximum atomic E-state index is 12.8. The molecule has 3 aliphatic rings. The molecule has 0 radical (unpaired) electrons. The molecule has 3 nitrogen and oxygen atoms in total. The molecular weight excluding hydrogens is 288 g/mol. The smallest absolute Gasteiger partial charge is 0.181 e. The molecule has 1 saturated carbocycles. The lowest BCUT2D eigenvalue weighted by Gasteiger charge is -2.55. The van der Waals surface area contributed by atoms with Crippen LogP contribution in [-0.4, -0.2) is 28.2 Å². The number of fused-ring (bicyclic) bond motifs is 3. The van der Waals surface area contributed by atoms with Gasteiger partial charge in [-0.2, -0.15) is 0 Å². The second kappa shape index (κ2) is 5.29. The van der Waals surface area contributed by atoms with E-state index in [1.807, 2.05) is 19.9 Å². The van der Waals surface area contributed by atoms with Gasteiger partial charge >= 0.3 is 0 Å². The molecule has 0 aromatic carbocycles. The van der Waals surface area contributed by atoms with Crippen molar-refractivity contribution in [2.24, 2.45) is 22.7 Å². The van der Waals surface area contributed by atoms with Gasteiger partial charge in [0.1, 0.15) is 0 Å². The van der Waals surface area contributed by atoms with Crippen LogP contribution in [0, 0.1) is 22.7 Å². The van der Waals surface area contributed by atoms with Crippen LogP contribution in [0.3, 0.4) is 0 Å². The van der Waals surface area contributed by atoms with Gasteiger partial charge in [-0.15, -0.1) is 0 Å². The minimum Gasteiger partial charge on any atom is -0.395 e. The van der Waals surface area contributed by atoms with Gasteiger partial charge in [0.2, 0.25) is 0 Å². The van der Waals surface area contributed by atoms with E-state index in [0.29, 0.717) is 6.42 Å². The molecule has 3 rings (SSSR count). The Morgan fingerprint density at radius 1 is 1.26 bits per heavy atom. The zero-order chi connectivity index (χ0) is 17.0. The summed E-state index contributed by atoms with van der Waals surface area (Å²) in [6, 6.07) is 0. The minimum atomic E-state index is -0.863. The van der Waals surface area contributed by atoms with Crippen molar-refractivity contribution in [2.75, 3.05) is 6.61 Å². The predicted molar refractivity (Wildman–Crippen MR) is 90.8 cm³/mol. The molecule has 0 aliphatic heterocycles. The lowest BCUT2D eigenvalue weighted by molar-refractivity contribution is -0.114. The van der Waals surface area contributed by atoms with Crippen molar-refractivity contribution in [1.82, 2.24) is 0 Å². The van der Waals surface area contributed by atoms with Gasteiger partial charge in [0, 0.05) is 11.0 Å². The first kappa shape index (κ1) is 16.9. The first-order valence-corrected chi connectivity index (χ1v) is 8.99. The number of allylic oxidation sites excluding steroid dienone is 2. The normalized spacial score (nSPS) is 43.6. The van der Waals surface area contributed by atoms with Gasteiger partial charge < -0.3 is 10.2 Å². The maximum absolute atomic E-state index is 12.8. The average molecular weight is 318 g/mol. The Morgan fingerprint density at radius 2 is 1.96 bits per heavy atom. The lowest BCUT2D eigenvalue weighted by Crippen LogP contribution is -2.50. The second-order valence-corrected chi connectivity index (χ2v) is 8.75. The van der Waals surface area contributed by atoms with Crippen LogP contribution in [0.15, 0.2) is 23.3 Å². The van der Waals surface area contributed by atoms with Crippen molar-refractivity contribution >= 4 is 5.78 Å². The fraction of sp³-hybridized carbons (Fsp3) is 0.750. The first-order chi connectivity index (χ1) is 10.7. The standard InChI is InChI=1S/C20H30O3/c1-13(2)20(23)9-6-15-14(11-20)16(22)10-17-18(3,12-21)7-5-8-19(15,17)4/h10-11,13,15,21,23H,5-9,12H2,1-4H3/t15-,18+,19+,20+/m1/s1. The van der Waals surface area contributed by atoms with Crippen LogP contribution < -0.4 is 0 Å². The van der Waals surface area contributed by atoms with E-state index in [1.165, 1.54) is 0 Å². The molecule has 2 N–H and O–H groups in total. The van der Waals surface area contributed by atoms with Crippen molar-refractivity contribution in [3.05, 3.63) is 23.3 Å². The average Bonchev–Trinajstić information content (AvgIpc) is 2.50. The summed E-state index contributed by atoms with van der Waals surface area (Å²) in [5.74, 6) is 0.332. The Labute approximate surface area is 139 Å². The van der Waals surface area contributed by atoms with E-state index in [9.17, 15) is 15.0 Å². The highest BCUT2D eigenvalue weighted by molar-refractivity contribution is 6.06. The summed E-state index contributed by atoms with van der Waals surface area (Å²) in [7, 11) is 0. The highest BCUT2D eigenvalue weighted by Gasteiger charge is 2.54. The van der Waals surface area contributed by atoms with Crippen molar-refractivity contribution < 1.29 is 15.0 Å². The summed E-state index contributed by atoms with van der Waals surface area (Å²) >= 11 is 0. The molecule has 3 heteroatoms. The molecule has 4 atom stereocenters. The van der Waals surface area contributed by atoms with Crippen LogP contribution >= 0.6 is 0 Å². The van der Waals surface area contributed by atoms with Gasteiger partial charge in [-0.25, -0.2) is 0 Å². The molecule has 0 amide bonds. The SMILES string of the molecule is CC(C)[C@@]1(O)C=C2C(=O)C=C3[C@](C)(CO)CCC[C@@]3(C)[C@@H]2CC1. The fourth-order valence-corrected chi connectivity index (χ4v) is 5.22. The number of carbonyl (C=O) groups excluding carboxylic acids is 1. The fourth-order valence-electron chi connectivity index (χ4n) is 5.22. The Hall–Kier alpha value is -0.930.